The van der Waals surface area contributed by atoms with Gasteiger partial charge in [-0.05, 0) is 37.5 Å². The zero-order chi connectivity index (χ0) is 12.8. The average Bonchev–Trinajstić information content (AvgIpc) is 3.20. The molecule has 0 amide bonds. The Morgan fingerprint density at radius 1 is 1.44 bits per heavy atom. The molecule has 0 radical (unpaired) electrons. The van der Waals surface area contributed by atoms with E-state index in [0.29, 0.717) is 0 Å². The van der Waals surface area contributed by atoms with Crippen LogP contribution in [0.1, 0.15) is 25.3 Å². The summed E-state index contributed by atoms with van der Waals surface area (Å²) in [7, 11) is 0. The lowest BCUT2D eigenvalue weighted by Crippen LogP contribution is -2.18. The smallest absolute Gasteiger partial charge is 0.174 e. The van der Waals surface area contributed by atoms with Gasteiger partial charge >= 0.3 is 0 Å². The van der Waals surface area contributed by atoms with Gasteiger partial charge in [-0.15, -0.1) is 0 Å². The molecule has 1 aliphatic rings. The van der Waals surface area contributed by atoms with Crippen molar-refractivity contribution in [1.29, 1.82) is 5.26 Å². The zero-order valence-electron chi connectivity index (χ0n) is 10.6. The summed E-state index contributed by atoms with van der Waals surface area (Å²) in [6.45, 7) is 3.19. The van der Waals surface area contributed by atoms with E-state index in [4.69, 9.17) is 10.00 Å². The van der Waals surface area contributed by atoms with E-state index in [1.165, 1.54) is 18.4 Å². The summed E-state index contributed by atoms with van der Waals surface area (Å²) in [6.07, 6.45) is 4.81. The van der Waals surface area contributed by atoms with Crippen molar-refractivity contribution in [3.8, 4) is 11.8 Å². The maximum absolute atomic E-state index is 8.42. The van der Waals surface area contributed by atoms with Crippen LogP contribution in [0, 0.1) is 11.3 Å². The Hall–Kier alpha value is -1.79. The molecule has 1 aromatic rings. The van der Waals surface area contributed by atoms with Gasteiger partial charge in [0.15, 0.2) is 6.61 Å². The fourth-order valence-corrected chi connectivity index (χ4v) is 1.70. The van der Waals surface area contributed by atoms with E-state index < -0.39 is 0 Å². The van der Waals surface area contributed by atoms with Gasteiger partial charge in [-0.3, -0.25) is 0 Å². The number of rotatable bonds is 6. The lowest BCUT2D eigenvalue weighted by Gasteiger charge is -2.04. The lowest BCUT2D eigenvalue weighted by atomic mass is 10.1. The van der Waals surface area contributed by atoms with Gasteiger partial charge in [-0.2, -0.15) is 5.26 Å². The molecule has 0 heterocycles. The van der Waals surface area contributed by atoms with Gasteiger partial charge in [0.25, 0.3) is 0 Å². The quantitative estimate of drug-likeness (QED) is 0.834. The van der Waals surface area contributed by atoms with E-state index in [1.54, 1.807) is 0 Å². The second-order valence-corrected chi connectivity index (χ2v) is 4.66. The minimum atomic E-state index is 0.0967. The van der Waals surface area contributed by atoms with Crippen LogP contribution in [-0.4, -0.2) is 19.2 Å². The molecule has 3 nitrogen and oxygen atoms in total. The molecule has 1 N–H and O–H groups in total. The normalized spacial score (nSPS) is 15.2. The van der Waals surface area contributed by atoms with Crippen LogP contribution in [0.3, 0.4) is 0 Å². The molecule has 1 aromatic carbocycles. The standard InChI is InChI=1S/C15H18N2O/c1-12(11-17-14-4-5-14)10-13-2-6-15(7-3-13)18-9-8-16/h2-3,6-7,10,14,17H,4-5,9,11H2,1H3. The molecule has 3 heteroatoms. The van der Waals surface area contributed by atoms with E-state index >= 15 is 0 Å². The number of hydrogen-bond acceptors (Lipinski definition) is 3. The second-order valence-electron chi connectivity index (χ2n) is 4.66. The van der Waals surface area contributed by atoms with Crippen LogP contribution in [0.4, 0.5) is 0 Å². The van der Waals surface area contributed by atoms with Crippen LogP contribution in [-0.2, 0) is 0 Å². The first-order valence-electron chi connectivity index (χ1n) is 6.28. The molecule has 1 saturated carbocycles. The minimum Gasteiger partial charge on any atom is -0.479 e. The van der Waals surface area contributed by atoms with Crippen molar-refractivity contribution in [3.63, 3.8) is 0 Å². The molecule has 0 spiro atoms. The van der Waals surface area contributed by atoms with Gasteiger partial charge in [-0.1, -0.05) is 23.8 Å². The lowest BCUT2D eigenvalue weighted by molar-refractivity contribution is 0.368. The van der Waals surface area contributed by atoms with Crippen LogP contribution < -0.4 is 10.1 Å². The Labute approximate surface area is 108 Å². The molecule has 0 aliphatic heterocycles. The van der Waals surface area contributed by atoms with E-state index in [0.717, 1.165) is 23.9 Å². The van der Waals surface area contributed by atoms with E-state index in [2.05, 4.69) is 18.3 Å². The Morgan fingerprint density at radius 2 is 2.17 bits per heavy atom. The van der Waals surface area contributed by atoms with Crippen molar-refractivity contribution in [3.05, 3.63) is 35.4 Å². The predicted molar refractivity (Wildman–Crippen MR) is 72.2 cm³/mol. The number of nitrogens with one attached hydrogen (secondary N) is 1. The van der Waals surface area contributed by atoms with Crippen LogP contribution in [0.25, 0.3) is 6.08 Å². The van der Waals surface area contributed by atoms with Gasteiger partial charge in [-0.25, -0.2) is 0 Å². The third kappa shape index (κ3) is 4.23. The Balaban J connectivity index is 1.87. The van der Waals surface area contributed by atoms with Crippen molar-refractivity contribution < 1.29 is 4.74 Å². The molecule has 0 unspecified atom stereocenters. The highest BCUT2D eigenvalue weighted by atomic mass is 16.5. The number of nitrogens with zero attached hydrogens (tertiary/aromatic N) is 1. The van der Waals surface area contributed by atoms with Crippen molar-refractivity contribution >= 4 is 6.08 Å². The topological polar surface area (TPSA) is 45.0 Å². The summed E-state index contributed by atoms with van der Waals surface area (Å²) in [5.74, 6) is 0.738. The molecule has 0 atom stereocenters. The van der Waals surface area contributed by atoms with E-state index in [9.17, 15) is 0 Å². The molecule has 1 fully saturated rings. The highest BCUT2D eigenvalue weighted by Gasteiger charge is 2.19. The Kier molecular flexibility index (Phi) is 4.38. The van der Waals surface area contributed by atoms with Crippen LogP contribution in [0.5, 0.6) is 5.75 Å². The monoisotopic (exact) mass is 242 g/mol. The molecule has 18 heavy (non-hydrogen) atoms. The van der Waals surface area contributed by atoms with Gasteiger partial charge in [0, 0.05) is 12.6 Å². The first kappa shape index (κ1) is 12.7. The average molecular weight is 242 g/mol. The van der Waals surface area contributed by atoms with Crippen molar-refractivity contribution in [1.82, 2.24) is 5.32 Å². The molecule has 94 valence electrons. The number of hydrogen-bond donors (Lipinski definition) is 1. The maximum atomic E-state index is 8.42. The number of nitriles is 1. The second kappa shape index (κ2) is 6.23. The van der Waals surface area contributed by atoms with Crippen LogP contribution >= 0.6 is 0 Å². The maximum Gasteiger partial charge on any atom is 0.174 e. The third-order valence-corrected chi connectivity index (χ3v) is 2.84. The largest absolute Gasteiger partial charge is 0.479 e. The van der Waals surface area contributed by atoms with Crippen LogP contribution in [0.15, 0.2) is 29.8 Å². The van der Waals surface area contributed by atoms with Crippen LogP contribution in [0.2, 0.25) is 0 Å². The fraction of sp³-hybridized carbons (Fsp3) is 0.400. The van der Waals surface area contributed by atoms with Crippen molar-refractivity contribution in [2.75, 3.05) is 13.2 Å². The fourth-order valence-electron chi connectivity index (χ4n) is 1.70. The van der Waals surface area contributed by atoms with Gasteiger partial charge in [0.1, 0.15) is 11.8 Å². The van der Waals surface area contributed by atoms with Crippen molar-refractivity contribution in [2.45, 2.75) is 25.8 Å². The number of ether oxygens (including phenoxy) is 1. The highest BCUT2D eigenvalue weighted by molar-refractivity contribution is 5.53. The molecule has 2 rings (SSSR count). The summed E-state index contributed by atoms with van der Waals surface area (Å²) in [5.41, 5.74) is 2.49. The third-order valence-electron chi connectivity index (χ3n) is 2.84. The van der Waals surface area contributed by atoms with E-state index in [1.807, 2.05) is 30.3 Å². The first-order valence-corrected chi connectivity index (χ1v) is 6.28. The number of benzene rings is 1. The molecule has 1 aliphatic carbocycles. The molecular formula is C15H18N2O. The van der Waals surface area contributed by atoms with Crippen molar-refractivity contribution in [2.24, 2.45) is 0 Å². The molecule has 0 saturated heterocycles. The van der Waals surface area contributed by atoms with Gasteiger partial charge < -0.3 is 10.1 Å². The minimum absolute atomic E-state index is 0.0967. The van der Waals surface area contributed by atoms with Gasteiger partial charge in [0.2, 0.25) is 0 Å². The predicted octanol–water partition coefficient (Wildman–Crippen LogP) is 2.74. The van der Waals surface area contributed by atoms with E-state index in [-0.39, 0.29) is 6.61 Å². The summed E-state index contributed by atoms with van der Waals surface area (Å²) < 4.78 is 5.21. The first-order chi connectivity index (χ1) is 8.78. The zero-order valence-corrected chi connectivity index (χ0v) is 10.6. The summed E-state index contributed by atoms with van der Waals surface area (Å²) in [4.78, 5) is 0. The SMILES string of the molecule is CC(=Cc1ccc(OCC#N)cc1)CNC1CC1. The summed E-state index contributed by atoms with van der Waals surface area (Å²) in [6, 6.07) is 10.5. The Bertz CT molecular complexity index is 452. The van der Waals surface area contributed by atoms with Gasteiger partial charge in [0.05, 0.1) is 0 Å². The molecular weight excluding hydrogens is 224 g/mol. The summed E-state index contributed by atoms with van der Waals surface area (Å²) in [5, 5.41) is 11.9. The molecule has 0 aromatic heterocycles. The Morgan fingerprint density at radius 3 is 2.78 bits per heavy atom. The summed E-state index contributed by atoms with van der Waals surface area (Å²) >= 11 is 0. The highest BCUT2D eigenvalue weighted by Crippen LogP contribution is 2.19. The molecule has 0 bridgehead atoms.